The number of methoxy groups -OCH3 is 1. The van der Waals surface area contributed by atoms with Crippen LogP contribution in [0.1, 0.15) is 10.6 Å². The molecule has 0 saturated carbocycles. The Hall–Kier alpha value is -0.650. The summed E-state index contributed by atoms with van der Waals surface area (Å²) < 4.78 is 10.3. The number of hydrogen-bond donors (Lipinski definition) is 1. The lowest BCUT2D eigenvalue weighted by Gasteiger charge is -2.06. The van der Waals surface area contributed by atoms with E-state index in [4.69, 9.17) is 14.9 Å². The molecule has 13 heavy (non-hydrogen) atoms. The first kappa shape index (κ1) is 10.4. The molecule has 1 rings (SSSR count). The normalized spacial score (nSPS) is 12.8. The van der Waals surface area contributed by atoms with Gasteiger partial charge in [0.25, 0.3) is 0 Å². The van der Waals surface area contributed by atoms with E-state index in [1.54, 1.807) is 6.07 Å². The van der Waals surface area contributed by atoms with E-state index in [-0.39, 0.29) is 18.2 Å². The Morgan fingerprint density at radius 3 is 3.00 bits per heavy atom. The number of Topliss-reactive ketones (excluding diaryl/α,β-unsaturated/α-hetero) is 1. The van der Waals surface area contributed by atoms with Gasteiger partial charge < -0.3 is 14.9 Å². The van der Waals surface area contributed by atoms with Crippen LogP contribution < -0.4 is 5.73 Å². The van der Waals surface area contributed by atoms with Crippen molar-refractivity contribution in [3.63, 3.8) is 0 Å². The van der Waals surface area contributed by atoms with Gasteiger partial charge in [-0.2, -0.15) is 0 Å². The first-order valence-electron chi connectivity index (χ1n) is 3.68. The van der Waals surface area contributed by atoms with Gasteiger partial charge in [-0.25, -0.2) is 0 Å². The van der Waals surface area contributed by atoms with Gasteiger partial charge in [0.15, 0.2) is 5.76 Å². The molecular formula is C8H10BrNO3. The fraction of sp³-hybridized carbons (Fsp3) is 0.375. The highest BCUT2D eigenvalue weighted by Crippen LogP contribution is 2.18. The fourth-order valence-electron chi connectivity index (χ4n) is 0.893. The number of ether oxygens (including phenoxy) is 1. The third-order valence-corrected chi connectivity index (χ3v) is 2.15. The molecule has 4 nitrogen and oxygen atoms in total. The Morgan fingerprint density at radius 1 is 1.85 bits per heavy atom. The third-order valence-electron chi connectivity index (χ3n) is 1.52. The molecule has 0 spiro atoms. The zero-order chi connectivity index (χ0) is 9.84. The summed E-state index contributed by atoms with van der Waals surface area (Å²) in [5.41, 5.74) is 5.53. The van der Waals surface area contributed by atoms with Crippen LogP contribution >= 0.6 is 15.9 Å². The van der Waals surface area contributed by atoms with Crippen LogP contribution in [0, 0.1) is 0 Å². The molecule has 1 heterocycles. The Kier molecular flexibility index (Phi) is 3.65. The highest BCUT2D eigenvalue weighted by Gasteiger charge is 2.20. The maximum atomic E-state index is 11.5. The minimum absolute atomic E-state index is 0.186. The van der Waals surface area contributed by atoms with Crippen LogP contribution in [0.4, 0.5) is 0 Å². The summed E-state index contributed by atoms with van der Waals surface area (Å²) in [5, 5.41) is 0. The van der Waals surface area contributed by atoms with E-state index in [1.165, 1.54) is 13.4 Å². The standard InChI is InChI=1S/C8H10BrNO3/c1-12-4-6(10)7(11)8-5(9)2-3-13-8/h2-3,6H,4,10H2,1H3. The van der Waals surface area contributed by atoms with Gasteiger partial charge in [0, 0.05) is 7.11 Å². The Labute approximate surface area is 84.2 Å². The van der Waals surface area contributed by atoms with Gasteiger partial charge in [-0.05, 0) is 22.0 Å². The number of furan rings is 1. The molecule has 1 aromatic heterocycles. The summed E-state index contributed by atoms with van der Waals surface area (Å²) in [6.07, 6.45) is 1.43. The smallest absolute Gasteiger partial charge is 0.218 e. The van der Waals surface area contributed by atoms with Crippen molar-refractivity contribution in [2.75, 3.05) is 13.7 Å². The Bertz CT molecular complexity index is 297. The van der Waals surface area contributed by atoms with Crippen molar-refractivity contribution in [1.29, 1.82) is 0 Å². The van der Waals surface area contributed by atoms with Crippen molar-refractivity contribution < 1.29 is 13.9 Å². The average molecular weight is 248 g/mol. The van der Waals surface area contributed by atoms with Gasteiger partial charge in [-0.3, -0.25) is 4.79 Å². The molecule has 0 aromatic carbocycles. The molecule has 0 saturated heterocycles. The molecule has 0 fully saturated rings. The molecule has 1 atom stereocenters. The summed E-state index contributed by atoms with van der Waals surface area (Å²) in [6, 6.07) is 0.972. The predicted octanol–water partition coefficient (Wildman–Crippen LogP) is 1.20. The van der Waals surface area contributed by atoms with Gasteiger partial charge in [0.2, 0.25) is 5.78 Å². The summed E-state index contributed by atoms with van der Waals surface area (Å²) in [7, 11) is 1.49. The topological polar surface area (TPSA) is 65.5 Å². The zero-order valence-corrected chi connectivity index (χ0v) is 8.71. The summed E-state index contributed by atoms with van der Waals surface area (Å²) in [6.45, 7) is 0.186. The number of rotatable bonds is 4. The summed E-state index contributed by atoms with van der Waals surface area (Å²) in [4.78, 5) is 11.5. The largest absolute Gasteiger partial charge is 0.460 e. The maximum absolute atomic E-state index is 11.5. The molecule has 1 aromatic rings. The second kappa shape index (κ2) is 4.55. The molecule has 0 radical (unpaired) electrons. The zero-order valence-electron chi connectivity index (χ0n) is 7.12. The lowest BCUT2D eigenvalue weighted by atomic mass is 10.2. The van der Waals surface area contributed by atoms with Crippen molar-refractivity contribution >= 4 is 21.7 Å². The molecule has 0 aliphatic heterocycles. The van der Waals surface area contributed by atoms with Crippen LogP contribution in [-0.2, 0) is 4.74 Å². The molecule has 0 aliphatic carbocycles. The molecule has 0 amide bonds. The number of carbonyl (C=O) groups excluding carboxylic acids is 1. The second-order valence-electron chi connectivity index (χ2n) is 2.52. The maximum Gasteiger partial charge on any atom is 0.218 e. The summed E-state index contributed by atoms with van der Waals surface area (Å²) >= 11 is 3.18. The monoisotopic (exact) mass is 247 g/mol. The van der Waals surface area contributed by atoms with E-state index < -0.39 is 6.04 Å². The quantitative estimate of drug-likeness (QED) is 0.813. The lowest BCUT2D eigenvalue weighted by molar-refractivity contribution is 0.0864. The van der Waals surface area contributed by atoms with Crippen molar-refractivity contribution in [2.45, 2.75) is 6.04 Å². The Balaban J connectivity index is 2.73. The molecule has 2 N–H and O–H groups in total. The minimum atomic E-state index is -0.674. The predicted molar refractivity (Wildman–Crippen MR) is 50.6 cm³/mol. The van der Waals surface area contributed by atoms with Gasteiger partial charge in [0.1, 0.15) is 0 Å². The number of ketones is 1. The highest BCUT2D eigenvalue weighted by atomic mass is 79.9. The summed E-state index contributed by atoms with van der Waals surface area (Å²) in [5.74, 6) is -0.0247. The van der Waals surface area contributed by atoms with E-state index >= 15 is 0 Å². The highest BCUT2D eigenvalue weighted by molar-refractivity contribution is 9.10. The van der Waals surface area contributed by atoms with Crippen LogP contribution in [0.25, 0.3) is 0 Å². The van der Waals surface area contributed by atoms with Gasteiger partial charge in [-0.15, -0.1) is 0 Å². The second-order valence-corrected chi connectivity index (χ2v) is 3.38. The first-order chi connectivity index (χ1) is 6.16. The van der Waals surface area contributed by atoms with E-state index in [0.717, 1.165) is 0 Å². The van der Waals surface area contributed by atoms with Gasteiger partial charge >= 0.3 is 0 Å². The average Bonchev–Trinajstić information content (AvgIpc) is 2.50. The van der Waals surface area contributed by atoms with Crippen LogP contribution in [0.2, 0.25) is 0 Å². The van der Waals surface area contributed by atoms with E-state index in [2.05, 4.69) is 15.9 Å². The van der Waals surface area contributed by atoms with Crippen LogP contribution in [0.15, 0.2) is 21.2 Å². The van der Waals surface area contributed by atoms with Crippen molar-refractivity contribution in [1.82, 2.24) is 0 Å². The lowest BCUT2D eigenvalue weighted by Crippen LogP contribution is -2.34. The van der Waals surface area contributed by atoms with Gasteiger partial charge in [0.05, 0.1) is 23.4 Å². The van der Waals surface area contributed by atoms with Gasteiger partial charge in [-0.1, -0.05) is 0 Å². The SMILES string of the molecule is COCC(N)C(=O)c1occc1Br. The molecular weight excluding hydrogens is 238 g/mol. The first-order valence-corrected chi connectivity index (χ1v) is 4.48. The number of halogens is 1. The van der Waals surface area contributed by atoms with E-state index in [9.17, 15) is 4.79 Å². The third kappa shape index (κ3) is 2.40. The number of hydrogen-bond acceptors (Lipinski definition) is 4. The Morgan fingerprint density at radius 2 is 2.54 bits per heavy atom. The molecule has 0 aliphatic rings. The number of carbonyl (C=O) groups is 1. The van der Waals surface area contributed by atoms with Crippen molar-refractivity contribution in [3.8, 4) is 0 Å². The molecule has 5 heteroatoms. The fourth-order valence-corrected chi connectivity index (χ4v) is 1.29. The molecule has 1 unspecified atom stereocenters. The van der Waals surface area contributed by atoms with Crippen LogP contribution in [0.3, 0.4) is 0 Å². The minimum Gasteiger partial charge on any atom is -0.460 e. The van der Waals surface area contributed by atoms with E-state index in [0.29, 0.717) is 4.47 Å². The molecule has 0 bridgehead atoms. The number of nitrogens with two attached hydrogens (primary N) is 1. The van der Waals surface area contributed by atoms with Crippen molar-refractivity contribution in [2.24, 2.45) is 5.73 Å². The van der Waals surface area contributed by atoms with Crippen molar-refractivity contribution in [3.05, 3.63) is 22.6 Å². The van der Waals surface area contributed by atoms with E-state index in [1.807, 2.05) is 0 Å². The van der Waals surface area contributed by atoms with Crippen LogP contribution in [0.5, 0.6) is 0 Å². The van der Waals surface area contributed by atoms with Crippen LogP contribution in [-0.4, -0.2) is 25.5 Å². The molecule has 72 valence electrons.